The highest BCUT2D eigenvalue weighted by Gasteiger charge is 2.36. The lowest BCUT2D eigenvalue weighted by Crippen LogP contribution is -2.45. The zero-order valence-electron chi connectivity index (χ0n) is 18.5. The molecule has 4 heteroatoms. The summed E-state index contributed by atoms with van der Waals surface area (Å²) in [5.41, 5.74) is 8.49. The number of methoxy groups -OCH3 is 2. The lowest BCUT2D eigenvalue weighted by Gasteiger charge is -2.35. The Balaban J connectivity index is 1.69. The molecule has 0 heterocycles. The highest BCUT2D eigenvalue weighted by molar-refractivity contribution is 5.83. The van der Waals surface area contributed by atoms with Gasteiger partial charge in [-0.3, -0.25) is 0 Å². The summed E-state index contributed by atoms with van der Waals surface area (Å²) >= 11 is 0. The molecule has 0 saturated carbocycles. The molecule has 0 spiro atoms. The first-order valence-corrected chi connectivity index (χ1v) is 10.7. The molecular weight excluding hydrogens is 398 g/mol. The monoisotopic (exact) mass is 427 g/mol. The van der Waals surface area contributed by atoms with E-state index < -0.39 is 11.6 Å². The van der Waals surface area contributed by atoms with Crippen LogP contribution in [0.2, 0.25) is 0 Å². The van der Waals surface area contributed by atoms with Crippen LogP contribution in [0.15, 0.2) is 91.0 Å². The van der Waals surface area contributed by atoms with Gasteiger partial charge in [0.25, 0.3) is 0 Å². The van der Waals surface area contributed by atoms with Crippen molar-refractivity contribution in [3.8, 4) is 11.5 Å². The van der Waals surface area contributed by atoms with Crippen molar-refractivity contribution in [2.75, 3.05) is 14.2 Å². The standard InChI is InChI=1S/C28H29NO3/c1-31-25-13-7-20(8-14-25)18-28(30,19-21-9-15-26(32-2)16-10-21)27(29)24-12-11-22-5-3-4-6-23(22)17-24/h3-17,27,30H,18-19,29H2,1-2H3. The minimum absolute atomic E-state index is 0.414. The first-order chi connectivity index (χ1) is 15.5. The van der Waals surface area contributed by atoms with Gasteiger partial charge in [-0.05, 0) is 57.8 Å². The van der Waals surface area contributed by atoms with Crippen LogP contribution >= 0.6 is 0 Å². The molecule has 0 aliphatic rings. The molecule has 0 fully saturated rings. The van der Waals surface area contributed by atoms with Gasteiger partial charge in [-0.15, -0.1) is 0 Å². The lowest BCUT2D eigenvalue weighted by molar-refractivity contribution is 0.0137. The third-order valence-corrected chi connectivity index (χ3v) is 6.05. The van der Waals surface area contributed by atoms with Crippen LogP contribution in [0.5, 0.6) is 11.5 Å². The molecule has 0 radical (unpaired) electrons. The number of fused-ring (bicyclic) bond motifs is 1. The molecule has 1 unspecified atom stereocenters. The van der Waals surface area contributed by atoms with E-state index in [0.29, 0.717) is 12.8 Å². The van der Waals surface area contributed by atoms with Gasteiger partial charge < -0.3 is 20.3 Å². The van der Waals surface area contributed by atoms with Crippen LogP contribution in [0.25, 0.3) is 10.8 Å². The number of hydrogen-bond acceptors (Lipinski definition) is 4. The summed E-state index contributed by atoms with van der Waals surface area (Å²) < 4.78 is 10.6. The third kappa shape index (κ3) is 4.77. The summed E-state index contributed by atoms with van der Waals surface area (Å²) in [7, 11) is 3.29. The van der Waals surface area contributed by atoms with Gasteiger partial charge in [-0.2, -0.15) is 0 Å². The number of aliphatic hydroxyl groups is 1. The van der Waals surface area contributed by atoms with Gasteiger partial charge in [0.05, 0.1) is 25.9 Å². The van der Waals surface area contributed by atoms with Gasteiger partial charge in [0.1, 0.15) is 11.5 Å². The highest BCUT2D eigenvalue weighted by Crippen LogP contribution is 2.33. The molecule has 4 rings (SSSR count). The molecular formula is C28H29NO3. The molecule has 0 aromatic heterocycles. The van der Waals surface area contributed by atoms with Crippen LogP contribution in [-0.2, 0) is 12.8 Å². The first kappa shape index (κ1) is 21.9. The van der Waals surface area contributed by atoms with Crippen LogP contribution in [0.4, 0.5) is 0 Å². The Kier molecular flexibility index (Phi) is 6.45. The number of benzene rings is 4. The topological polar surface area (TPSA) is 64.7 Å². The molecule has 164 valence electrons. The molecule has 1 atom stereocenters. The minimum Gasteiger partial charge on any atom is -0.497 e. The molecule has 4 aromatic carbocycles. The van der Waals surface area contributed by atoms with Crippen LogP contribution in [-0.4, -0.2) is 24.9 Å². The highest BCUT2D eigenvalue weighted by atomic mass is 16.5. The smallest absolute Gasteiger partial charge is 0.118 e. The zero-order valence-corrected chi connectivity index (χ0v) is 18.5. The Morgan fingerprint density at radius 1 is 0.719 bits per heavy atom. The van der Waals surface area contributed by atoms with E-state index in [9.17, 15) is 5.11 Å². The van der Waals surface area contributed by atoms with E-state index in [-0.39, 0.29) is 0 Å². The summed E-state index contributed by atoms with van der Waals surface area (Å²) in [5.74, 6) is 1.57. The van der Waals surface area contributed by atoms with Crippen LogP contribution in [0.1, 0.15) is 22.7 Å². The van der Waals surface area contributed by atoms with Gasteiger partial charge in [0.15, 0.2) is 0 Å². The summed E-state index contributed by atoms with van der Waals surface area (Å²) in [6.07, 6.45) is 0.827. The van der Waals surface area contributed by atoms with E-state index >= 15 is 0 Å². The fourth-order valence-corrected chi connectivity index (χ4v) is 4.19. The average molecular weight is 428 g/mol. The largest absolute Gasteiger partial charge is 0.497 e. The van der Waals surface area contributed by atoms with Gasteiger partial charge in [-0.1, -0.05) is 60.7 Å². The Morgan fingerprint density at radius 3 is 1.72 bits per heavy atom. The van der Waals surface area contributed by atoms with Gasteiger partial charge in [0, 0.05) is 12.8 Å². The summed E-state index contributed by atoms with van der Waals surface area (Å²) in [5, 5.41) is 14.2. The summed E-state index contributed by atoms with van der Waals surface area (Å²) in [4.78, 5) is 0. The zero-order chi connectivity index (χ0) is 22.6. The van der Waals surface area contributed by atoms with E-state index in [1.807, 2.05) is 66.7 Å². The van der Waals surface area contributed by atoms with Gasteiger partial charge >= 0.3 is 0 Å². The molecule has 0 saturated heterocycles. The van der Waals surface area contributed by atoms with E-state index in [4.69, 9.17) is 15.2 Å². The lowest BCUT2D eigenvalue weighted by atomic mass is 9.79. The summed E-state index contributed by atoms with van der Waals surface area (Å²) in [6, 6.07) is 29.3. The van der Waals surface area contributed by atoms with E-state index in [1.54, 1.807) is 14.2 Å². The maximum atomic E-state index is 12.0. The second kappa shape index (κ2) is 9.43. The van der Waals surface area contributed by atoms with E-state index in [0.717, 1.165) is 39.0 Å². The third-order valence-electron chi connectivity index (χ3n) is 6.05. The average Bonchev–Trinajstić information content (AvgIpc) is 2.84. The molecule has 3 N–H and O–H groups in total. The maximum absolute atomic E-state index is 12.0. The fraction of sp³-hybridized carbons (Fsp3) is 0.214. The normalized spacial score (nSPS) is 12.5. The van der Waals surface area contributed by atoms with Crippen molar-refractivity contribution in [3.63, 3.8) is 0 Å². The Labute approximate surface area is 189 Å². The van der Waals surface area contributed by atoms with E-state index in [1.165, 1.54) is 0 Å². The number of nitrogens with two attached hydrogens (primary N) is 1. The van der Waals surface area contributed by atoms with E-state index in [2.05, 4.69) is 24.3 Å². The molecule has 4 aromatic rings. The number of ether oxygens (including phenoxy) is 2. The predicted molar refractivity (Wildman–Crippen MR) is 129 cm³/mol. The van der Waals surface area contributed by atoms with Crippen LogP contribution < -0.4 is 15.2 Å². The SMILES string of the molecule is COc1ccc(CC(O)(Cc2ccc(OC)cc2)C(N)c2ccc3ccccc3c2)cc1. The molecule has 32 heavy (non-hydrogen) atoms. The van der Waals surface area contributed by atoms with Crippen molar-refractivity contribution in [1.29, 1.82) is 0 Å². The molecule has 0 aliphatic heterocycles. The fourth-order valence-electron chi connectivity index (χ4n) is 4.19. The molecule has 0 amide bonds. The second-order valence-electron chi connectivity index (χ2n) is 8.24. The maximum Gasteiger partial charge on any atom is 0.118 e. The molecule has 0 bridgehead atoms. The molecule has 4 nitrogen and oxygen atoms in total. The van der Waals surface area contributed by atoms with Crippen molar-refractivity contribution in [1.82, 2.24) is 0 Å². The van der Waals surface area contributed by atoms with Crippen molar-refractivity contribution >= 4 is 10.8 Å². The quantitative estimate of drug-likeness (QED) is 0.412. The van der Waals surface area contributed by atoms with Crippen molar-refractivity contribution in [2.45, 2.75) is 24.5 Å². The van der Waals surface area contributed by atoms with Crippen LogP contribution in [0.3, 0.4) is 0 Å². The Bertz CT molecular complexity index is 1120. The van der Waals surface area contributed by atoms with Crippen molar-refractivity contribution in [2.24, 2.45) is 5.73 Å². The molecule has 0 aliphatic carbocycles. The number of hydrogen-bond donors (Lipinski definition) is 2. The Hall–Kier alpha value is -3.34. The van der Waals surface area contributed by atoms with Crippen LogP contribution in [0, 0.1) is 0 Å². The van der Waals surface area contributed by atoms with Crippen molar-refractivity contribution in [3.05, 3.63) is 108 Å². The second-order valence-corrected chi connectivity index (χ2v) is 8.24. The van der Waals surface area contributed by atoms with Gasteiger partial charge in [0.2, 0.25) is 0 Å². The van der Waals surface area contributed by atoms with Gasteiger partial charge in [-0.25, -0.2) is 0 Å². The summed E-state index contributed by atoms with van der Waals surface area (Å²) in [6.45, 7) is 0. The Morgan fingerprint density at radius 2 is 1.22 bits per heavy atom. The minimum atomic E-state index is -1.19. The van der Waals surface area contributed by atoms with Crippen molar-refractivity contribution < 1.29 is 14.6 Å². The predicted octanol–water partition coefficient (Wildman–Crippen LogP) is 5.07. The first-order valence-electron chi connectivity index (χ1n) is 10.7. The number of rotatable bonds is 8.